The van der Waals surface area contributed by atoms with Gasteiger partial charge in [0.2, 0.25) is 0 Å². The molecule has 0 aliphatic carbocycles. The molecular weight excluding hydrogens is 635 g/mol. The Morgan fingerprint density at radius 2 is 1.12 bits per heavy atom. The Hall–Kier alpha value is -2.22. The summed E-state index contributed by atoms with van der Waals surface area (Å²) in [6, 6.07) is 41.5. The van der Waals surface area contributed by atoms with Crippen LogP contribution in [0.1, 0.15) is 36.5 Å². The SMILES string of the molecule is CC(C)c1cc2c(-c3ccccc3)cccc2[cH-]1.Cc1cc(-c2ccccc2)c2cc(C)[cH-]c2c1.Cl.Cl.[CH3-].[CH3-].[Si]=[Zr]. The van der Waals surface area contributed by atoms with E-state index in [1.54, 1.807) is 0 Å². The summed E-state index contributed by atoms with van der Waals surface area (Å²) < 4.78 is 0. The molecule has 0 aliphatic rings. The molecular formula is C37H40Cl2SiZr-4. The molecule has 4 heteroatoms. The van der Waals surface area contributed by atoms with Crippen molar-refractivity contribution in [3.8, 4) is 22.3 Å². The van der Waals surface area contributed by atoms with Crippen LogP contribution in [0.3, 0.4) is 0 Å². The Balaban J connectivity index is 0.000000675. The van der Waals surface area contributed by atoms with Gasteiger partial charge in [-0.15, -0.1) is 87.8 Å². The molecule has 0 heterocycles. The zero-order valence-corrected chi connectivity index (χ0v) is 30.0. The molecule has 0 spiro atoms. The van der Waals surface area contributed by atoms with Gasteiger partial charge < -0.3 is 14.9 Å². The molecule has 6 rings (SSSR count). The molecule has 41 heavy (non-hydrogen) atoms. The van der Waals surface area contributed by atoms with Crippen molar-refractivity contribution >= 4 is 53.2 Å². The first-order valence-electron chi connectivity index (χ1n) is 12.7. The maximum absolute atomic E-state index is 3.06. The number of hydrogen-bond acceptors (Lipinski definition) is 0. The number of fused-ring (bicyclic) bond motifs is 2. The fourth-order valence-electron chi connectivity index (χ4n) is 4.94. The van der Waals surface area contributed by atoms with Gasteiger partial charge in [0.1, 0.15) is 0 Å². The van der Waals surface area contributed by atoms with Gasteiger partial charge in [-0.05, 0) is 24.0 Å². The first-order chi connectivity index (χ1) is 18.0. The summed E-state index contributed by atoms with van der Waals surface area (Å²) in [6.07, 6.45) is 0. The number of aryl methyl sites for hydroxylation is 2. The molecule has 0 unspecified atom stereocenters. The Labute approximate surface area is 277 Å². The number of halogens is 2. The molecule has 0 bridgehead atoms. The fraction of sp³-hybridized carbons (Fsp3) is 0.135. The Morgan fingerprint density at radius 3 is 1.68 bits per heavy atom. The first-order valence-corrected chi connectivity index (χ1v) is 16.9. The van der Waals surface area contributed by atoms with Gasteiger partial charge in [-0.2, -0.15) is 12.1 Å². The molecule has 0 amide bonds. The van der Waals surface area contributed by atoms with Crippen LogP contribution in [-0.2, 0) is 23.3 Å². The second kappa shape index (κ2) is 18.3. The van der Waals surface area contributed by atoms with Crippen LogP contribution >= 0.6 is 24.8 Å². The van der Waals surface area contributed by atoms with E-state index in [1.807, 2.05) is 0 Å². The van der Waals surface area contributed by atoms with Crippen LogP contribution in [0.25, 0.3) is 43.8 Å². The third kappa shape index (κ3) is 9.39. The zero-order valence-electron chi connectivity index (χ0n) is 24.9. The summed E-state index contributed by atoms with van der Waals surface area (Å²) in [7, 11) is 0. The van der Waals surface area contributed by atoms with Crippen LogP contribution in [0, 0.1) is 28.7 Å². The minimum atomic E-state index is 0. The van der Waals surface area contributed by atoms with Crippen molar-refractivity contribution in [2.45, 2.75) is 33.6 Å². The Bertz CT molecular complexity index is 1600. The van der Waals surface area contributed by atoms with Gasteiger partial charge in [0.15, 0.2) is 0 Å². The van der Waals surface area contributed by atoms with Crippen LogP contribution in [0.15, 0.2) is 115 Å². The van der Waals surface area contributed by atoms with Gasteiger partial charge in [0, 0.05) is 0 Å². The van der Waals surface area contributed by atoms with Crippen molar-refractivity contribution < 1.29 is 23.3 Å². The van der Waals surface area contributed by atoms with E-state index < -0.39 is 0 Å². The Kier molecular flexibility index (Phi) is 17.4. The molecule has 0 saturated heterocycles. The summed E-state index contributed by atoms with van der Waals surface area (Å²) >= 11 is 1.36. The van der Waals surface area contributed by atoms with Crippen LogP contribution in [0.2, 0.25) is 0 Å². The molecule has 2 radical (unpaired) electrons. The minimum absolute atomic E-state index is 0. The van der Waals surface area contributed by atoms with E-state index in [-0.39, 0.29) is 39.7 Å². The molecule has 0 aliphatic heterocycles. The van der Waals surface area contributed by atoms with Crippen LogP contribution in [-0.4, -0.2) is 6.88 Å². The second-order valence-electron chi connectivity index (χ2n) is 9.83. The molecule has 0 atom stereocenters. The average molecular weight is 675 g/mol. The van der Waals surface area contributed by atoms with E-state index in [0.717, 1.165) is 0 Å². The summed E-state index contributed by atoms with van der Waals surface area (Å²) in [5, 5.41) is 5.42. The van der Waals surface area contributed by atoms with E-state index in [1.165, 1.54) is 83.8 Å². The van der Waals surface area contributed by atoms with Crippen LogP contribution < -0.4 is 0 Å². The van der Waals surface area contributed by atoms with E-state index in [9.17, 15) is 0 Å². The normalized spacial score (nSPS) is 9.56. The predicted octanol–water partition coefficient (Wildman–Crippen LogP) is 11.6. The van der Waals surface area contributed by atoms with E-state index in [4.69, 9.17) is 0 Å². The van der Waals surface area contributed by atoms with E-state index >= 15 is 0 Å². The third-order valence-corrected chi connectivity index (χ3v) is 6.72. The van der Waals surface area contributed by atoms with Gasteiger partial charge in [0.25, 0.3) is 0 Å². The van der Waals surface area contributed by atoms with Crippen molar-refractivity contribution in [1.29, 1.82) is 0 Å². The molecule has 6 aromatic carbocycles. The number of hydrogen-bond donors (Lipinski definition) is 0. The molecule has 0 nitrogen and oxygen atoms in total. The van der Waals surface area contributed by atoms with Gasteiger partial charge >= 0.3 is 30.2 Å². The van der Waals surface area contributed by atoms with Crippen molar-refractivity contribution in [3.05, 3.63) is 147 Å². The van der Waals surface area contributed by atoms with E-state index in [0.29, 0.717) is 5.92 Å². The molecule has 0 N–H and O–H groups in total. The van der Waals surface area contributed by atoms with Crippen LogP contribution in [0.5, 0.6) is 0 Å². The summed E-state index contributed by atoms with van der Waals surface area (Å²) in [6.45, 7) is 11.9. The summed E-state index contributed by atoms with van der Waals surface area (Å²) in [4.78, 5) is 0. The molecule has 0 saturated carbocycles. The quantitative estimate of drug-likeness (QED) is 0.129. The number of rotatable bonds is 3. The molecule has 0 fully saturated rings. The van der Waals surface area contributed by atoms with Gasteiger partial charge in [-0.1, -0.05) is 110 Å². The average Bonchev–Trinajstić information content (AvgIpc) is 3.54. The summed E-state index contributed by atoms with van der Waals surface area (Å²) in [5.74, 6) is 0.584. The fourth-order valence-corrected chi connectivity index (χ4v) is 4.94. The van der Waals surface area contributed by atoms with Crippen molar-refractivity contribution in [2.24, 2.45) is 0 Å². The molecule has 214 valence electrons. The summed E-state index contributed by atoms with van der Waals surface area (Å²) in [5.41, 5.74) is 9.35. The first kappa shape index (κ1) is 38.8. The van der Waals surface area contributed by atoms with Gasteiger partial charge in [0.05, 0.1) is 0 Å². The third-order valence-electron chi connectivity index (χ3n) is 6.72. The second-order valence-corrected chi connectivity index (χ2v) is 9.83. The Morgan fingerprint density at radius 1 is 0.585 bits per heavy atom. The van der Waals surface area contributed by atoms with E-state index in [2.05, 4.69) is 150 Å². The molecule has 6 aromatic rings. The predicted molar refractivity (Wildman–Crippen MR) is 187 cm³/mol. The van der Waals surface area contributed by atoms with Crippen molar-refractivity contribution in [3.63, 3.8) is 0 Å². The van der Waals surface area contributed by atoms with Gasteiger partial charge in [-0.25, -0.2) is 0 Å². The maximum atomic E-state index is 3.06. The standard InChI is InChI=1S/C18H17.C17H15.2CH3.2ClH.Si.Zr/c1-13(2)16-11-15-9-6-10-17(18(15)12-16)14-7-4-3-5-8-14;1-12-8-15-9-13(2)11-17(15)16(10-12)14-6-4-3-5-7-14;;;;;;/h3-13H,1-2H3;3-11H,1-2H3;2*1H3;2*1H;;/q4*-1;;;;. The zero-order chi connectivity index (χ0) is 26.4. The topological polar surface area (TPSA) is 0 Å². The monoisotopic (exact) mass is 672 g/mol. The van der Waals surface area contributed by atoms with Crippen molar-refractivity contribution in [2.75, 3.05) is 0 Å². The number of benzene rings is 4. The molecule has 0 aromatic heterocycles. The van der Waals surface area contributed by atoms with Gasteiger partial charge in [-0.3, -0.25) is 0 Å². The van der Waals surface area contributed by atoms with Crippen LogP contribution in [0.4, 0.5) is 0 Å². The van der Waals surface area contributed by atoms with Crippen molar-refractivity contribution in [1.82, 2.24) is 0 Å².